The molecule has 0 aliphatic heterocycles. The lowest BCUT2D eigenvalue weighted by molar-refractivity contribution is -0.107. The van der Waals surface area contributed by atoms with Crippen molar-refractivity contribution in [3.8, 4) is 11.5 Å². The maximum Gasteiger partial charge on any atom is 0.170 e. The van der Waals surface area contributed by atoms with Crippen LogP contribution in [0.1, 0.15) is 42.1 Å². The van der Waals surface area contributed by atoms with Gasteiger partial charge in [-0.3, -0.25) is 4.79 Å². The summed E-state index contributed by atoms with van der Waals surface area (Å²) in [6.45, 7) is 1.60. The summed E-state index contributed by atoms with van der Waals surface area (Å²) in [6, 6.07) is 7.79. The molecular weight excluding hydrogens is 344 g/mol. The summed E-state index contributed by atoms with van der Waals surface area (Å²) in [5, 5.41) is 22.6. The number of fused-ring (bicyclic) bond motifs is 3. The summed E-state index contributed by atoms with van der Waals surface area (Å²) in [5.74, 6) is 1.14. The number of aliphatic hydroxyl groups is 2. The predicted molar refractivity (Wildman–Crippen MR) is 103 cm³/mol. The van der Waals surface area contributed by atoms with Gasteiger partial charge in [-0.05, 0) is 38.5 Å². The minimum Gasteiger partial charge on any atom is -0.496 e. The molecule has 27 heavy (non-hydrogen) atoms. The lowest BCUT2D eigenvalue weighted by atomic mass is 9.62. The summed E-state index contributed by atoms with van der Waals surface area (Å²) >= 11 is 0. The molecule has 1 saturated carbocycles. The standard InChI is InChI=1S/C22H26O5/c1-12(23)22(25)9-8-13-10-16-18(19(24)17(13)11-22)21(27-3)15-7-5-4-6-14(15)20(16)26-2/h4-7,12-13,17,23,25H,8-11H2,1-3H3. The van der Waals surface area contributed by atoms with Crippen molar-refractivity contribution in [3.05, 3.63) is 35.4 Å². The van der Waals surface area contributed by atoms with E-state index in [1.807, 2.05) is 24.3 Å². The number of aliphatic hydroxyl groups excluding tert-OH is 1. The smallest absolute Gasteiger partial charge is 0.170 e. The summed E-state index contributed by atoms with van der Waals surface area (Å²) in [4.78, 5) is 13.5. The molecule has 0 spiro atoms. The average molecular weight is 370 g/mol. The van der Waals surface area contributed by atoms with E-state index in [-0.39, 0.29) is 24.0 Å². The van der Waals surface area contributed by atoms with E-state index in [1.54, 1.807) is 21.1 Å². The van der Waals surface area contributed by atoms with E-state index in [0.29, 0.717) is 30.6 Å². The molecule has 4 atom stereocenters. The third kappa shape index (κ3) is 2.64. The molecule has 1 fully saturated rings. The number of ketones is 1. The van der Waals surface area contributed by atoms with Crippen molar-refractivity contribution < 1.29 is 24.5 Å². The van der Waals surface area contributed by atoms with Crippen LogP contribution in [0.2, 0.25) is 0 Å². The first-order chi connectivity index (χ1) is 12.9. The van der Waals surface area contributed by atoms with E-state index in [4.69, 9.17) is 9.47 Å². The fourth-order valence-corrected chi connectivity index (χ4v) is 4.99. The minimum absolute atomic E-state index is 0.0130. The Morgan fingerprint density at radius 3 is 2.37 bits per heavy atom. The third-order valence-corrected chi connectivity index (χ3v) is 6.55. The Hall–Kier alpha value is -2.11. The van der Waals surface area contributed by atoms with Crippen LogP contribution in [0.4, 0.5) is 0 Å². The number of Topliss-reactive ketones (excluding diaryl/α,β-unsaturated/α-hetero) is 1. The summed E-state index contributed by atoms with van der Waals surface area (Å²) in [6.07, 6.45) is 1.34. The van der Waals surface area contributed by atoms with Crippen LogP contribution in [0.15, 0.2) is 24.3 Å². The number of hydrogen-bond donors (Lipinski definition) is 2. The van der Waals surface area contributed by atoms with Crippen LogP contribution in [-0.2, 0) is 6.42 Å². The Balaban J connectivity index is 1.91. The zero-order valence-electron chi connectivity index (χ0n) is 16.0. The maximum atomic E-state index is 13.5. The van der Waals surface area contributed by atoms with Gasteiger partial charge < -0.3 is 19.7 Å². The van der Waals surface area contributed by atoms with Gasteiger partial charge in [-0.25, -0.2) is 0 Å². The monoisotopic (exact) mass is 370 g/mol. The Morgan fingerprint density at radius 2 is 1.78 bits per heavy atom. The van der Waals surface area contributed by atoms with Gasteiger partial charge in [-0.2, -0.15) is 0 Å². The normalized spacial score (nSPS) is 28.4. The SMILES string of the molecule is COc1c2c(c(OC)c3ccccc13)C(=O)C1CC(O)(C(C)O)CCC1C2. The summed E-state index contributed by atoms with van der Waals surface area (Å²) in [7, 11) is 3.22. The zero-order chi connectivity index (χ0) is 19.3. The molecule has 0 saturated heterocycles. The molecule has 2 aliphatic carbocycles. The van der Waals surface area contributed by atoms with Gasteiger partial charge in [0.1, 0.15) is 11.5 Å². The highest BCUT2D eigenvalue weighted by Gasteiger charge is 2.49. The molecule has 2 aliphatic rings. The molecule has 0 amide bonds. The van der Waals surface area contributed by atoms with Crippen LogP contribution in [0.25, 0.3) is 10.8 Å². The van der Waals surface area contributed by atoms with E-state index in [9.17, 15) is 15.0 Å². The molecule has 5 nitrogen and oxygen atoms in total. The highest BCUT2D eigenvalue weighted by Crippen LogP contribution is 2.51. The zero-order valence-corrected chi connectivity index (χ0v) is 16.0. The summed E-state index contributed by atoms with van der Waals surface area (Å²) in [5.41, 5.74) is 0.272. The van der Waals surface area contributed by atoms with Crippen molar-refractivity contribution in [2.24, 2.45) is 11.8 Å². The first-order valence-corrected chi connectivity index (χ1v) is 9.51. The number of hydrogen-bond acceptors (Lipinski definition) is 5. The van der Waals surface area contributed by atoms with Gasteiger partial charge in [0.2, 0.25) is 0 Å². The van der Waals surface area contributed by atoms with E-state index < -0.39 is 11.7 Å². The highest BCUT2D eigenvalue weighted by atomic mass is 16.5. The van der Waals surface area contributed by atoms with Crippen molar-refractivity contribution in [2.75, 3.05) is 14.2 Å². The maximum absolute atomic E-state index is 13.5. The van der Waals surface area contributed by atoms with Gasteiger partial charge in [0, 0.05) is 22.3 Å². The second-order valence-electron chi connectivity index (χ2n) is 7.92. The van der Waals surface area contributed by atoms with Crippen LogP contribution in [0.5, 0.6) is 11.5 Å². The highest BCUT2D eigenvalue weighted by molar-refractivity contribution is 6.10. The van der Waals surface area contributed by atoms with Crippen LogP contribution in [0.3, 0.4) is 0 Å². The molecule has 0 radical (unpaired) electrons. The Kier molecular flexibility index (Phi) is 4.40. The number of rotatable bonds is 3. The molecule has 2 aromatic rings. The van der Waals surface area contributed by atoms with Crippen LogP contribution < -0.4 is 9.47 Å². The molecule has 0 aromatic heterocycles. The lowest BCUT2D eigenvalue weighted by Gasteiger charge is -2.45. The number of carbonyl (C=O) groups is 1. The van der Waals surface area contributed by atoms with Gasteiger partial charge in [0.15, 0.2) is 5.78 Å². The molecule has 2 aromatic carbocycles. The summed E-state index contributed by atoms with van der Waals surface area (Å²) < 4.78 is 11.4. The first kappa shape index (κ1) is 18.3. The molecule has 4 unspecified atom stereocenters. The largest absolute Gasteiger partial charge is 0.496 e. The minimum atomic E-state index is -1.21. The predicted octanol–water partition coefficient (Wildman–Crippen LogP) is 3.12. The fraction of sp³-hybridized carbons (Fsp3) is 0.500. The van der Waals surface area contributed by atoms with Gasteiger partial charge >= 0.3 is 0 Å². The second-order valence-corrected chi connectivity index (χ2v) is 7.92. The van der Waals surface area contributed by atoms with Gasteiger partial charge in [0.05, 0.1) is 31.5 Å². The number of ether oxygens (including phenoxy) is 2. The van der Waals surface area contributed by atoms with Crippen molar-refractivity contribution in [3.63, 3.8) is 0 Å². The first-order valence-electron chi connectivity index (χ1n) is 9.51. The van der Waals surface area contributed by atoms with Crippen molar-refractivity contribution in [2.45, 2.75) is 44.3 Å². The molecule has 2 N–H and O–H groups in total. The van der Waals surface area contributed by atoms with Gasteiger partial charge in [-0.1, -0.05) is 24.3 Å². The molecule has 4 rings (SSSR count). The Bertz CT molecular complexity index is 903. The number of benzene rings is 2. The van der Waals surface area contributed by atoms with Crippen LogP contribution in [0, 0.1) is 11.8 Å². The molecule has 0 heterocycles. The van der Waals surface area contributed by atoms with Crippen molar-refractivity contribution in [1.29, 1.82) is 0 Å². The topological polar surface area (TPSA) is 76.0 Å². The third-order valence-electron chi connectivity index (χ3n) is 6.55. The molecule has 5 heteroatoms. The van der Waals surface area contributed by atoms with E-state index in [2.05, 4.69) is 0 Å². The van der Waals surface area contributed by atoms with E-state index in [1.165, 1.54) is 0 Å². The van der Waals surface area contributed by atoms with Crippen molar-refractivity contribution >= 4 is 16.6 Å². The molecule has 144 valence electrons. The van der Waals surface area contributed by atoms with Gasteiger partial charge in [-0.15, -0.1) is 0 Å². The van der Waals surface area contributed by atoms with E-state index in [0.717, 1.165) is 22.1 Å². The lowest BCUT2D eigenvalue weighted by Crippen LogP contribution is -2.50. The number of carbonyl (C=O) groups excluding carboxylic acids is 1. The second kappa shape index (κ2) is 6.50. The van der Waals surface area contributed by atoms with E-state index >= 15 is 0 Å². The quantitative estimate of drug-likeness (QED) is 0.868. The molecular formula is C22H26O5. The Labute approximate surface area is 158 Å². The Morgan fingerprint density at radius 1 is 1.15 bits per heavy atom. The fourth-order valence-electron chi connectivity index (χ4n) is 4.99. The van der Waals surface area contributed by atoms with Crippen molar-refractivity contribution in [1.82, 2.24) is 0 Å². The van der Waals surface area contributed by atoms with Crippen LogP contribution >= 0.6 is 0 Å². The number of methoxy groups -OCH3 is 2. The van der Waals surface area contributed by atoms with Gasteiger partial charge in [0.25, 0.3) is 0 Å². The molecule has 0 bridgehead atoms. The average Bonchev–Trinajstić information content (AvgIpc) is 2.67. The van der Waals surface area contributed by atoms with Crippen LogP contribution in [-0.4, -0.2) is 41.9 Å².